The van der Waals surface area contributed by atoms with Gasteiger partial charge in [0.05, 0.1) is 5.52 Å². The zero-order valence-electron chi connectivity index (χ0n) is 19.0. The molecule has 2 aromatic heterocycles. The van der Waals surface area contributed by atoms with Crippen LogP contribution >= 0.6 is 0 Å². The SMILES string of the molecule is Cc1ccc2c3c(ccc2n1)OC[C@H](CN[C@@H]1CC[C@@H](c2cn(C)c4ccc(F)cc24)C1)O3. The van der Waals surface area contributed by atoms with Crippen LogP contribution in [-0.2, 0) is 7.05 Å². The zero-order chi connectivity index (χ0) is 22.5. The van der Waals surface area contributed by atoms with Gasteiger partial charge in [-0.3, -0.25) is 4.98 Å². The Hall–Kier alpha value is -3.12. The van der Waals surface area contributed by atoms with Gasteiger partial charge in [0.1, 0.15) is 18.5 Å². The second-order valence-electron chi connectivity index (χ2n) is 9.43. The van der Waals surface area contributed by atoms with E-state index in [0.29, 0.717) is 18.6 Å². The van der Waals surface area contributed by atoms with Crippen molar-refractivity contribution in [3.63, 3.8) is 0 Å². The predicted octanol–water partition coefficient (Wildman–Crippen LogP) is 5.24. The van der Waals surface area contributed by atoms with Crippen LogP contribution in [0.5, 0.6) is 11.5 Å². The summed E-state index contributed by atoms with van der Waals surface area (Å²) in [5, 5.41) is 5.74. The highest BCUT2D eigenvalue weighted by molar-refractivity contribution is 5.88. The van der Waals surface area contributed by atoms with Crippen molar-refractivity contribution in [2.24, 2.45) is 7.05 Å². The van der Waals surface area contributed by atoms with Gasteiger partial charge in [-0.25, -0.2) is 4.39 Å². The number of aromatic nitrogens is 2. The van der Waals surface area contributed by atoms with Gasteiger partial charge in [0, 0.05) is 47.8 Å². The second-order valence-corrected chi connectivity index (χ2v) is 9.43. The molecule has 5 nitrogen and oxygen atoms in total. The highest BCUT2D eigenvalue weighted by atomic mass is 19.1. The third-order valence-corrected chi connectivity index (χ3v) is 7.12. The zero-order valence-corrected chi connectivity index (χ0v) is 19.0. The largest absolute Gasteiger partial charge is 0.486 e. The molecular formula is C27H28FN3O2. The Morgan fingerprint density at radius 2 is 2.03 bits per heavy atom. The number of hydrogen-bond acceptors (Lipinski definition) is 4. The number of halogens is 1. The Labute approximate surface area is 192 Å². The number of hydrogen-bond donors (Lipinski definition) is 1. The third-order valence-electron chi connectivity index (χ3n) is 7.12. The highest BCUT2D eigenvalue weighted by Crippen LogP contribution is 2.40. The van der Waals surface area contributed by atoms with Crippen molar-refractivity contribution in [3.05, 3.63) is 65.7 Å². The standard InChI is InChI=1S/C27H28FN3O2/c1-16-3-7-21-24(30-16)8-10-26-27(21)33-20(15-32-26)13-29-19-6-4-17(11-19)23-14-31(2)25-9-5-18(28)12-22(23)25/h3,5,7-10,12,14,17,19-20,29H,4,6,11,13,15H2,1-2H3/t17-,19-,20+/m1/s1. The van der Waals surface area contributed by atoms with Crippen LogP contribution in [0.3, 0.4) is 0 Å². The summed E-state index contributed by atoms with van der Waals surface area (Å²) in [6.45, 7) is 3.26. The Balaban J connectivity index is 1.13. The van der Waals surface area contributed by atoms with Crippen molar-refractivity contribution in [3.8, 4) is 11.5 Å². The fourth-order valence-corrected chi connectivity index (χ4v) is 5.45. The minimum Gasteiger partial charge on any atom is -0.486 e. The van der Waals surface area contributed by atoms with Gasteiger partial charge in [-0.15, -0.1) is 0 Å². The second kappa shape index (κ2) is 8.03. The molecular weight excluding hydrogens is 417 g/mol. The fourth-order valence-electron chi connectivity index (χ4n) is 5.45. The summed E-state index contributed by atoms with van der Waals surface area (Å²) in [5.41, 5.74) is 4.26. The van der Waals surface area contributed by atoms with E-state index >= 15 is 0 Å². The summed E-state index contributed by atoms with van der Waals surface area (Å²) < 4.78 is 28.4. The summed E-state index contributed by atoms with van der Waals surface area (Å²) in [6, 6.07) is 13.5. The first kappa shape index (κ1) is 20.5. The van der Waals surface area contributed by atoms with Gasteiger partial charge < -0.3 is 19.4 Å². The van der Waals surface area contributed by atoms with Gasteiger partial charge in [-0.1, -0.05) is 0 Å². The lowest BCUT2D eigenvalue weighted by Crippen LogP contribution is -2.41. The van der Waals surface area contributed by atoms with E-state index in [2.05, 4.69) is 27.1 Å². The first-order valence-electron chi connectivity index (χ1n) is 11.7. The molecule has 6 heteroatoms. The highest BCUT2D eigenvalue weighted by Gasteiger charge is 2.30. The topological polar surface area (TPSA) is 48.3 Å². The number of aryl methyl sites for hydroxylation is 2. The summed E-state index contributed by atoms with van der Waals surface area (Å²) in [4.78, 5) is 4.61. The van der Waals surface area contributed by atoms with Crippen LogP contribution in [0.2, 0.25) is 0 Å². The molecule has 0 unspecified atom stereocenters. The van der Waals surface area contributed by atoms with Crippen LogP contribution in [0, 0.1) is 12.7 Å². The Morgan fingerprint density at radius 1 is 1.12 bits per heavy atom. The molecule has 0 radical (unpaired) electrons. The van der Waals surface area contributed by atoms with E-state index in [1.54, 1.807) is 6.07 Å². The Kier molecular flexibility index (Phi) is 4.98. The molecule has 0 saturated heterocycles. The first-order chi connectivity index (χ1) is 16.0. The van der Waals surface area contributed by atoms with Gasteiger partial charge in [-0.05, 0) is 80.1 Å². The van der Waals surface area contributed by atoms with Crippen LogP contribution < -0.4 is 14.8 Å². The van der Waals surface area contributed by atoms with E-state index in [9.17, 15) is 4.39 Å². The lowest BCUT2D eigenvalue weighted by Gasteiger charge is -2.28. The molecule has 2 aliphatic rings. The van der Waals surface area contributed by atoms with Crippen molar-refractivity contribution in [1.82, 2.24) is 14.9 Å². The first-order valence-corrected chi connectivity index (χ1v) is 11.7. The molecule has 0 spiro atoms. The van der Waals surface area contributed by atoms with E-state index in [-0.39, 0.29) is 11.9 Å². The van der Waals surface area contributed by atoms with Crippen molar-refractivity contribution in [2.75, 3.05) is 13.2 Å². The fraction of sp³-hybridized carbons (Fsp3) is 0.370. The van der Waals surface area contributed by atoms with Crippen LogP contribution in [0.4, 0.5) is 4.39 Å². The van der Waals surface area contributed by atoms with E-state index in [4.69, 9.17) is 9.47 Å². The molecule has 1 fully saturated rings. The summed E-state index contributed by atoms with van der Waals surface area (Å²) in [6.07, 6.45) is 5.38. The molecule has 1 saturated carbocycles. The average Bonchev–Trinajstić information content (AvgIpc) is 3.41. The minimum atomic E-state index is -0.171. The minimum absolute atomic E-state index is 0.0462. The summed E-state index contributed by atoms with van der Waals surface area (Å²) in [7, 11) is 2.03. The van der Waals surface area contributed by atoms with Crippen LogP contribution in [-0.4, -0.2) is 34.8 Å². The van der Waals surface area contributed by atoms with Crippen molar-refractivity contribution < 1.29 is 13.9 Å². The molecule has 4 aromatic rings. The lowest BCUT2D eigenvalue weighted by atomic mass is 9.97. The van der Waals surface area contributed by atoms with Gasteiger partial charge >= 0.3 is 0 Å². The maximum atomic E-state index is 13.9. The average molecular weight is 446 g/mol. The van der Waals surface area contributed by atoms with Gasteiger partial charge in [0.15, 0.2) is 11.5 Å². The predicted molar refractivity (Wildman–Crippen MR) is 128 cm³/mol. The normalized spacial score (nSPS) is 22.3. The van der Waals surface area contributed by atoms with E-state index in [0.717, 1.165) is 64.8 Å². The lowest BCUT2D eigenvalue weighted by molar-refractivity contribution is 0.0902. The van der Waals surface area contributed by atoms with Crippen LogP contribution in [0.25, 0.3) is 21.8 Å². The quantitative estimate of drug-likeness (QED) is 0.467. The van der Waals surface area contributed by atoms with Crippen LogP contribution in [0.1, 0.15) is 36.4 Å². The molecule has 1 N–H and O–H groups in total. The Morgan fingerprint density at radius 3 is 2.94 bits per heavy atom. The third kappa shape index (κ3) is 3.72. The molecule has 0 amide bonds. The van der Waals surface area contributed by atoms with E-state index in [1.165, 1.54) is 11.6 Å². The molecule has 2 aromatic carbocycles. The molecule has 170 valence electrons. The summed E-state index contributed by atoms with van der Waals surface area (Å²) >= 11 is 0. The van der Waals surface area contributed by atoms with E-state index in [1.807, 2.05) is 38.2 Å². The van der Waals surface area contributed by atoms with Gasteiger partial charge in [-0.2, -0.15) is 0 Å². The van der Waals surface area contributed by atoms with Crippen molar-refractivity contribution >= 4 is 21.8 Å². The van der Waals surface area contributed by atoms with Crippen molar-refractivity contribution in [2.45, 2.75) is 44.2 Å². The molecule has 3 heterocycles. The maximum Gasteiger partial charge on any atom is 0.171 e. The molecule has 1 aliphatic heterocycles. The molecule has 1 aliphatic carbocycles. The smallest absolute Gasteiger partial charge is 0.171 e. The number of nitrogens with zero attached hydrogens (tertiary/aromatic N) is 2. The molecule has 3 atom stereocenters. The number of benzene rings is 2. The molecule has 33 heavy (non-hydrogen) atoms. The van der Waals surface area contributed by atoms with E-state index < -0.39 is 0 Å². The number of pyridine rings is 1. The summed E-state index contributed by atoms with van der Waals surface area (Å²) in [5.74, 6) is 1.85. The number of ether oxygens (including phenoxy) is 2. The number of fused-ring (bicyclic) bond motifs is 4. The van der Waals surface area contributed by atoms with Gasteiger partial charge in [0.25, 0.3) is 0 Å². The van der Waals surface area contributed by atoms with Gasteiger partial charge in [0.2, 0.25) is 0 Å². The number of rotatable bonds is 4. The molecule has 6 rings (SSSR count). The van der Waals surface area contributed by atoms with Crippen molar-refractivity contribution in [1.29, 1.82) is 0 Å². The Bertz CT molecular complexity index is 1350. The number of nitrogens with one attached hydrogen (secondary N) is 1. The monoisotopic (exact) mass is 445 g/mol. The maximum absolute atomic E-state index is 13.9. The van der Waals surface area contributed by atoms with Crippen LogP contribution in [0.15, 0.2) is 48.7 Å². The molecule has 0 bridgehead atoms.